The summed E-state index contributed by atoms with van der Waals surface area (Å²) in [6, 6.07) is 10.3. The van der Waals surface area contributed by atoms with E-state index in [2.05, 4.69) is 25.9 Å². The minimum Gasteiger partial charge on any atom is -0.479 e. The van der Waals surface area contributed by atoms with Crippen LogP contribution in [0.4, 0.5) is 5.69 Å². The highest BCUT2D eigenvalue weighted by Gasteiger charge is 2.13. The highest BCUT2D eigenvalue weighted by Crippen LogP contribution is 2.34. The molecule has 2 aromatic carbocycles. The number of hydrogen-bond donors (Lipinski definition) is 1. The van der Waals surface area contributed by atoms with Gasteiger partial charge in [0.1, 0.15) is 0 Å². The van der Waals surface area contributed by atoms with E-state index >= 15 is 0 Å². The van der Waals surface area contributed by atoms with Gasteiger partial charge >= 0.3 is 5.95 Å². The number of rotatable bonds is 3. The summed E-state index contributed by atoms with van der Waals surface area (Å²) in [5, 5.41) is 10.9. The van der Waals surface area contributed by atoms with Crippen molar-refractivity contribution in [2.24, 2.45) is 4.99 Å². The monoisotopic (exact) mass is 444 g/mol. The van der Waals surface area contributed by atoms with Crippen molar-refractivity contribution >= 4 is 62.6 Å². The molecule has 8 heteroatoms. The molecule has 24 heavy (non-hydrogen) atoms. The van der Waals surface area contributed by atoms with Crippen LogP contribution in [0.25, 0.3) is 11.5 Å². The molecule has 1 aromatic heterocycles. The van der Waals surface area contributed by atoms with Crippen LogP contribution in [0, 0.1) is 0 Å². The molecule has 3 rings (SSSR count). The van der Waals surface area contributed by atoms with Gasteiger partial charge < -0.3 is 9.52 Å². The molecule has 0 saturated heterocycles. The first-order valence-electron chi connectivity index (χ1n) is 6.58. The van der Waals surface area contributed by atoms with Crippen molar-refractivity contribution in [2.45, 2.75) is 0 Å². The molecule has 0 amide bonds. The third kappa shape index (κ3) is 3.75. The zero-order valence-electron chi connectivity index (χ0n) is 11.8. The predicted molar refractivity (Wildman–Crippen MR) is 100 cm³/mol. The van der Waals surface area contributed by atoms with Gasteiger partial charge in [0.05, 0.1) is 27.0 Å². The fourth-order valence-electron chi connectivity index (χ4n) is 1.87. The lowest BCUT2D eigenvalue weighted by molar-refractivity contribution is 0.337. The summed E-state index contributed by atoms with van der Waals surface area (Å²) in [7, 11) is 0. The molecular formula is C16H8BrCl3N2O2. The first-order valence-corrected chi connectivity index (χ1v) is 8.51. The summed E-state index contributed by atoms with van der Waals surface area (Å²) >= 11 is 21.2. The normalized spacial score (nSPS) is 11.3. The largest absolute Gasteiger partial charge is 0.479 e. The lowest BCUT2D eigenvalue weighted by Gasteiger charge is -2.00. The van der Waals surface area contributed by atoms with Gasteiger partial charge in [-0.2, -0.15) is 0 Å². The molecule has 0 unspecified atom stereocenters. The number of hydrogen-bond acceptors (Lipinski definition) is 4. The summed E-state index contributed by atoms with van der Waals surface area (Å²) in [4.78, 5) is 8.38. The van der Waals surface area contributed by atoms with E-state index in [4.69, 9.17) is 39.2 Å². The average molecular weight is 447 g/mol. The van der Waals surface area contributed by atoms with E-state index in [1.807, 2.05) is 24.3 Å². The van der Waals surface area contributed by atoms with Gasteiger partial charge in [-0.3, -0.25) is 4.99 Å². The standard InChI is InChI=1S/C16H8BrCl3N2O2/c17-9-3-1-8(2-4-9)15-22-14(16(23)24-15)7-21-13-6-11(19)10(18)5-12(13)20/h1-7,23H. The first kappa shape index (κ1) is 17.3. The van der Waals surface area contributed by atoms with E-state index in [-0.39, 0.29) is 17.5 Å². The summed E-state index contributed by atoms with van der Waals surface area (Å²) in [6.45, 7) is 0. The van der Waals surface area contributed by atoms with Crippen LogP contribution in [0.2, 0.25) is 15.1 Å². The van der Waals surface area contributed by atoms with Crippen molar-refractivity contribution in [1.82, 2.24) is 4.98 Å². The third-order valence-corrected chi connectivity index (χ3v) is 4.59. The molecule has 0 fully saturated rings. The lowest BCUT2D eigenvalue weighted by Crippen LogP contribution is -1.83. The molecule has 1 N–H and O–H groups in total. The zero-order chi connectivity index (χ0) is 17.3. The van der Waals surface area contributed by atoms with Gasteiger partial charge in [-0.15, -0.1) is 0 Å². The van der Waals surface area contributed by atoms with E-state index < -0.39 is 0 Å². The zero-order valence-corrected chi connectivity index (χ0v) is 15.7. The molecule has 0 saturated carbocycles. The van der Waals surface area contributed by atoms with Crippen LogP contribution in [-0.4, -0.2) is 16.3 Å². The number of aromatic hydroxyl groups is 1. The Morgan fingerprint density at radius 2 is 1.71 bits per heavy atom. The van der Waals surface area contributed by atoms with Gasteiger partial charge in [-0.25, -0.2) is 4.98 Å². The summed E-state index contributed by atoms with van der Waals surface area (Å²) < 4.78 is 6.19. The first-order chi connectivity index (χ1) is 11.4. The highest BCUT2D eigenvalue weighted by molar-refractivity contribution is 9.10. The summed E-state index contributed by atoms with van der Waals surface area (Å²) in [6.07, 6.45) is 1.34. The topological polar surface area (TPSA) is 58.6 Å². The van der Waals surface area contributed by atoms with Crippen molar-refractivity contribution in [3.8, 4) is 17.4 Å². The van der Waals surface area contributed by atoms with Gasteiger partial charge in [-0.05, 0) is 36.4 Å². The van der Waals surface area contributed by atoms with Crippen molar-refractivity contribution in [2.75, 3.05) is 0 Å². The van der Waals surface area contributed by atoms with E-state index in [1.165, 1.54) is 18.3 Å². The molecular weight excluding hydrogens is 438 g/mol. The third-order valence-electron chi connectivity index (χ3n) is 3.04. The Bertz CT molecular complexity index is 924. The second-order valence-corrected chi connectivity index (χ2v) is 6.83. The second-order valence-electron chi connectivity index (χ2n) is 4.69. The van der Waals surface area contributed by atoms with E-state index in [0.717, 1.165) is 10.0 Å². The van der Waals surface area contributed by atoms with Crippen molar-refractivity contribution < 1.29 is 9.52 Å². The van der Waals surface area contributed by atoms with Gasteiger partial charge in [0.15, 0.2) is 5.69 Å². The minimum absolute atomic E-state index is 0.176. The van der Waals surface area contributed by atoms with E-state index in [0.29, 0.717) is 20.8 Å². The molecule has 122 valence electrons. The number of halogens is 4. The Morgan fingerprint density at radius 3 is 2.42 bits per heavy atom. The van der Waals surface area contributed by atoms with Crippen LogP contribution in [-0.2, 0) is 0 Å². The minimum atomic E-state index is -0.340. The van der Waals surface area contributed by atoms with E-state index in [1.54, 1.807) is 0 Å². The van der Waals surface area contributed by atoms with Crippen LogP contribution in [0.1, 0.15) is 5.69 Å². The fourth-order valence-corrected chi connectivity index (χ4v) is 2.72. The molecule has 3 aromatic rings. The molecule has 4 nitrogen and oxygen atoms in total. The van der Waals surface area contributed by atoms with Gasteiger partial charge in [0.2, 0.25) is 5.89 Å². The smallest absolute Gasteiger partial charge is 0.312 e. The number of nitrogens with zero attached hydrogens (tertiary/aromatic N) is 2. The lowest BCUT2D eigenvalue weighted by atomic mass is 10.2. The molecule has 0 atom stereocenters. The average Bonchev–Trinajstić information content (AvgIpc) is 2.91. The Morgan fingerprint density at radius 1 is 1.04 bits per heavy atom. The van der Waals surface area contributed by atoms with Crippen LogP contribution in [0.15, 0.2) is 50.3 Å². The Balaban J connectivity index is 1.91. The summed E-state index contributed by atoms with van der Waals surface area (Å²) in [5.41, 5.74) is 1.30. The summed E-state index contributed by atoms with van der Waals surface area (Å²) in [5.74, 6) is -0.0606. The Labute approximate surface area is 160 Å². The van der Waals surface area contributed by atoms with Crippen LogP contribution >= 0.6 is 50.7 Å². The number of aliphatic imine (C=N–C) groups is 1. The molecule has 0 aliphatic heterocycles. The van der Waals surface area contributed by atoms with Gasteiger partial charge in [-0.1, -0.05) is 50.7 Å². The number of aromatic nitrogens is 1. The maximum Gasteiger partial charge on any atom is 0.312 e. The molecule has 0 bridgehead atoms. The van der Waals surface area contributed by atoms with Gasteiger partial charge in [0.25, 0.3) is 0 Å². The fraction of sp³-hybridized carbons (Fsp3) is 0. The predicted octanol–water partition coefficient (Wildman–Crippen LogP) is 6.52. The Kier molecular flexibility index (Phi) is 5.15. The van der Waals surface area contributed by atoms with Crippen LogP contribution in [0.3, 0.4) is 0 Å². The molecule has 0 aliphatic carbocycles. The second kappa shape index (κ2) is 7.15. The van der Waals surface area contributed by atoms with Crippen molar-refractivity contribution in [3.63, 3.8) is 0 Å². The molecule has 0 radical (unpaired) electrons. The quantitative estimate of drug-likeness (QED) is 0.368. The molecule has 0 spiro atoms. The highest BCUT2D eigenvalue weighted by atomic mass is 79.9. The number of oxazole rings is 1. The molecule has 0 aliphatic rings. The van der Waals surface area contributed by atoms with Gasteiger partial charge in [0, 0.05) is 10.0 Å². The van der Waals surface area contributed by atoms with Crippen LogP contribution < -0.4 is 0 Å². The maximum absolute atomic E-state index is 9.88. The van der Waals surface area contributed by atoms with Crippen molar-refractivity contribution in [3.05, 3.63) is 61.6 Å². The number of benzene rings is 2. The van der Waals surface area contributed by atoms with E-state index in [9.17, 15) is 5.11 Å². The SMILES string of the molecule is Oc1oc(-c2ccc(Br)cc2)nc1C=Nc1cc(Cl)c(Cl)cc1Cl. The van der Waals surface area contributed by atoms with Crippen molar-refractivity contribution in [1.29, 1.82) is 0 Å². The van der Waals surface area contributed by atoms with Crippen LogP contribution in [0.5, 0.6) is 5.95 Å². The maximum atomic E-state index is 9.88. The molecule has 1 heterocycles. The Hall–Kier alpha value is -1.53.